The Kier molecular flexibility index (Phi) is 1.71. The fourth-order valence-corrected chi connectivity index (χ4v) is 0.761. The molecule has 1 aromatic carbocycles. The lowest BCUT2D eigenvalue weighted by atomic mass is 10.3. The highest BCUT2D eigenvalue weighted by Gasteiger charge is 1.96. The van der Waals surface area contributed by atoms with Crippen LogP contribution in [0.15, 0.2) is 16.6 Å². The maximum atomic E-state index is 12.4. The molecule has 0 aliphatic rings. The summed E-state index contributed by atoms with van der Waals surface area (Å²) in [4.78, 5) is 0. The van der Waals surface area contributed by atoms with Gasteiger partial charge in [-0.05, 0) is 12.1 Å². The van der Waals surface area contributed by atoms with Gasteiger partial charge in [0.25, 0.3) is 0 Å². The topological polar surface area (TPSA) is 26.0 Å². The Labute approximate surface area is 60.8 Å². The number of hydrogen-bond donors (Lipinski definition) is 1. The molecule has 0 amide bonds. The van der Waals surface area contributed by atoms with Crippen molar-refractivity contribution in [2.45, 2.75) is 0 Å². The molecule has 1 radical (unpaired) electrons. The van der Waals surface area contributed by atoms with Gasteiger partial charge in [-0.25, -0.2) is 4.39 Å². The van der Waals surface area contributed by atoms with Gasteiger partial charge in [-0.3, -0.25) is 0 Å². The van der Waals surface area contributed by atoms with E-state index in [1.54, 1.807) is 6.07 Å². The van der Waals surface area contributed by atoms with E-state index in [0.717, 1.165) is 0 Å². The standard InChI is InChI=1S/C6H4BrFN/c7-4-1-2-6(9)5(8)3-4/h1-2H,9H2. The molecule has 9 heavy (non-hydrogen) atoms. The van der Waals surface area contributed by atoms with Gasteiger partial charge in [0.15, 0.2) is 5.82 Å². The van der Waals surface area contributed by atoms with Crippen LogP contribution >= 0.6 is 15.9 Å². The highest BCUT2D eigenvalue weighted by atomic mass is 79.9. The van der Waals surface area contributed by atoms with E-state index in [9.17, 15) is 4.39 Å². The van der Waals surface area contributed by atoms with E-state index in [1.165, 1.54) is 6.07 Å². The number of benzene rings is 1. The van der Waals surface area contributed by atoms with Crippen molar-refractivity contribution in [3.05, 3.63) is 28.5 Å². The van der Waals surface area contributed by atoms with E-state index >= 15 is 0 Å². The number of nitrogens with two attached hydrogens (primary N) is 1. The van der Waals surface area contributed by atoms with Crippen LogP contribution in [-0.4, -0.2) is 0 Å². The summed E-state index contributed by atoms with van der Waals surface area (Å²) in [6.45, 7) is 0. The van der Waals surface area contributed by atoms with Gasteiger partial charge in [-0.15, -0.1) is 0 Å². The van der Waals surface area contributed by atoms with Gasteiger partial charge in [-0.1, -0.05) is 15.9 Å². The first-order valence-corrected chi connectivity index (χ1v) is 3.12. The summed E-state index contributed by atoms with van der Waals surface area (Å²) < 4.78 is 12.9. The van der Waals surface area contributed by atoms with E-state index in [1.807, 2.05) is 0 Å². The van der Waals surface area contributed by atoms with Gasteiger partial charge >= 0.3 is 0 Å². The van der Waals surface area contributed by atoms with Crippen molar-refractivity contribution in [2.75, 3.05) is 5.73 Å². The predicted molar refractivity (Wildman–Crippen MR) is 37.3 cm³/mol. The molecule has 3 heteroatoms. The average Bonchev–Trinajstić information content (AvgIpc) is 1.80. The minimum atomic E-state index is -0.510. The van der Waals surface area contributed by atoms with Crippen LogP contribution in [0.2, 0.25) is 0 Å². The van der Waals surface area contributed by atoms with E-state index in [2.05, 4.69) is 22.0 Å². The van der Waals surface area contributed by atoms with Gasteiger partial charge in [0.05, 0.1) is 5.69 Å². The Hall–Kier alpha value is -0.570. The van der Waals surface area contributed by atoms with Gasteiger partial charge in [0, 0.05) is 10.5 Å². The molecular weight excluding hydrogens is 185 g/mol. The highest BCUT2D eigenvalue weighted by Crippen LogP contribution is 2.14. The Balaban J connectivity index is 3.17. The number of halogens is 2. The first-order chi connectivity index (χ1) is 4.20. The number of nitrogen functional groups attached to an aromatic ring is 1. The van der Waals surface area contributed by atoms with Crippen molar-refractivity contribution in [2.24, 2.45) is 0 Å². The second-order valence-corrected chi connectivity index (χ2v) is 2.43. The number of hydrogen-bond acceptors (Lipinski definition) is 1. The summed E-state index contributed by atoms with van der Waals surface area (Å²) >= 11 is 3.05. The van der Waals surface area contributed by atoms with Crippen LogP contribution in [0.4, 0.5) is 10.1 Å². The van der Waals surface area contributed by atoms with Crippen LogP contribution in [0, 0.1) is 11.9 Å². The molecule has 1 nitrogen and oxygen atoms in total. The third-order valence-corrected chi connectivity index (χ3v) is 1.35. The SMILES string of the molecule is Nc1ccc(Br)[c]c1F. The van der Waals surface area contributed by atoms with Gasteiger partial charge < -0.3 is 5.73 Å². The molecule has 1 aromatic rings. The molecule has 0 heterocycles. The Morgan fingerprint density at radius 3 is 2.67 bits per heavy atom. The van der Waals surface area contributed by atoms with Crippen LogP contribution in [-0.2, 0) is 0 Å². The van der Waals surface area contributed by atoms with Crippen molar-refractivity contribution in [1.29, 1.82) is 0 Å². The monoisotopic (exact) mass is 188 g/mol. The molecule has 0 aliphatic heterocycles. The number of anilines is 1. The molecule has 0 unspecified atom stereocenters. The lowest BCUT2D eigenvalue weighted by Gasteiger charge is -1.93. The van der Waals surface area contributed by atoms with E-state index in [4.69, 9.17) is 5.73 Å². The predicted octanol–water partition coefficient (Wildman–Crippen LogP) is 1.97. The van der Waals surface area contributed by atoms with Crippen LogP contribution in [0.1, 0.15) is 0 Å². The first kappa shape index (κ1) is 6.55. The third kappa shape index (κ3) is 1.42. The van der Waals surface area contributed by atoms with E-state index in [-0.39, 0.29) is 5.69 Å². The van der Waals surface area contributed by atoms with Crippen molar-refractivity contribution in [3.8, 4) is 0 Å². The molecule has 0 fully saturated rings. The molecule has 2 N–H and O–H groups in total. The van der Waals surface area contributed by atoms with Gasteiger partial charge in [0.2, 0.25) is 0 Å². The van der Waals surface area contributed by atoms with Crippen LogP contribution < -0.4 is 5.73 Å². The Morgan fingerprint density at radius 2 is 2.22 bits per heavy atom. The van der Waals surface area contributed by atoms with Crippen molar-refractivity contribution >= 4 is 21.6 Å². The molecular formula is C6H4BrFN. The van der Waals surface area contributed by atoms with E-state index < -0.39 is 5.82 Å². The van der Waals surface area contributed by atoms with Crippen LogP contribution in [0.25, 0.3) is 0 Å². The first-order valence-electron chi connectivity index (χ1n) is 2.33. The lowest BCUT2D eigenvalue weighted by Crippen LogP contribution is -1.88. The van der Waals surface area contributed by atoms with Crippen LogP contribution in [0.5, 0.6) is 0 Å². The molecule has 0 aromatic heterocycles. The lowest BCUT2D eigenvalue weighted by molar-refractivity contribution is 0.629. The zero-order valence-corrected chi connectivity index (χ0v) is 6.07. The zero-order valence-electron chi connectivity index (χ0n) is 4.49. The smallest absolute Gasteiger partial charge is 0.155 e. The fourth-order valence-electron chi connectivity index (χ4n) is 0.455. The normalized spacial score (nSPS) is 9.56. The molecule has 1 rings (SSSR count). The molecule has 0 bridgehead atoms. The summed E-state index contributed by atoms with van der Waals surface area (Å²) in [5, 5.41) is 0. The van der Waals surface area contributed by atoms with Crippen molar-refractivity contribution in [1.82, 2.24) is 0 Å². The minimum Gasteiger partial charge on any atom is -0.396 e. The molecule has 0 spiro atoms. The summed E-state index contributed by atoms with van der Waals surface area (Å²) in [7, 11) is 0. The fraction of sp³-hybridized carbons (Fsp3) is 0. The zero-order chi connectivity index (χ0) is 6.85. The Morgan fingerprint density at radius 1 is 1.56 bits per heavy atom. The maximum absolute atomic E-state index is 12.4. The summed E-state index contributed by atoms with van der Waals surface area (Å²) in [6.07, 6.45) is 0. The minimum absolute atomic E-state index is 0.123. The molecule has 0 saturated heterocycles. The summed E-state index contributed by atoms with van der Waals surface area (Å²) in [6, 6.07) is 5.48. The summed E-state index contributed by atoms with van der Waals surface area (Å²) in [5.74, 6) is -0.510. The second-order valence-electron chi connectivity index (χ2n) is 1.58. The number of rotatable bonds is 0. The second kappa shape index (κ2) is 2.35. The maximum Gasteiger partial charge on any atom is 0.155 e. The largest absolute Gasteiger partial charge is 0.396 e. The highest BCUT2D eigenvalue weighted by molar-refractivity contribution is 9.10. The molecule has 0 aliphatic carbocycles. The molecule has 0 atom stereocenters. The van der Waals surface area contributed by atoms with Crippen molar-refractivity contribution in [3.63, 3.8) is 0 Å². The van der Waals surface area contributed by atoms with Gasteiger partial charge in [-0.2, -0.15) is 0 Å². The third-order valence-electron chi connectivity index (χ3n) is 0.892. The van der Waals surface area contributed by atoms with Crippen molar-refractivity contribution < 1.29 is 4.39 Å². The molecule has 0 saturated carbocycles. The van der Waals surface area contributed by atoms with E-state index in [0.29, 0.717) is 4.47 Å². The molecule has 47 valence electrons. The Bertz CT molecular complexity index is 224. The van der Waals surface area contributed by atoms with Crippen LogP contribution in [0.3, 0.4) is 0 Å². The van der Waals surface area contributed by atoms with Gasteiger partial charge in [0.1, 0.15) is 0 Å². The summed E-state index contributed by atoms with van der Waals surface area (Å²) in [5.41, 5.74) is 5.28. The quantitative estimate of drug-likeness (QED) is 0.620. The average molecular weight is 189 g/mol.